The molecule has 1 saturated carbocycles. The van der Waals surface area contributed by atoms with Gasteiger partial charge in [0.25, 0.3) is 5.79 Å². The highest BCUT2D eigenvalue weighted by molar-refractivity contribution is 5.76. The minimum atomic E-state index is -2.38. The highest BCUT2D eigenvalue weighted by Crippen LogP contribution is 2.44. The van der Waals surface area contributed by atoms with Gasteiger partial charge in [0, 0.05) is 6.42 Å². The Kier molecular flexibility index (Phi) is 8.58. The molecule has 1 aliphatic carbocycles. The molecule has 2 rings (SSSR count). The normalized spacial score (nSPS) is 28.6. The van der Waals surface area contributed by atoms with Gasteiger partial charge < -0.3 is 19.7 Å². The van der Waals surface area contributed by atoms with Crippen molar-refractivity contribution < 1.29 is 24.5 Å². The van der Waals surface area contributed by atoms with Gasteiger partial charge in [0.2, 0.25) is 0 Å². The summed E-state index contributed by atoms with van der Waals surface area (Å²) in [5, 5.41) is 19.3. The average Bonchev–Trinajstić information content (AvgIpc) is 3.18. The Morgan fingerprint density at radius 3 is 2.77 bits per heavy atom. The molecule has 1 saturated heterocycles. The topological polar surface area (TPSA) is 76.0 Å². The fourth-order valence-electron chi connectivity index (χ4n) is 4.39. The third-order valence-corrected chi connectivity index (χ3v) is 5.89. The molecule has 0 spiro atoms. The number of hydrogen-bond acceptors (Lipinski definition) is 5. The van der Waals surface area contributed by atoms with Crippen molar-refractivity contribution >= 4 is 5.97 Å². The number of unbranched alkanes of at least 4 members (excludes halogenated alkanes) is 4. The minimum Gasteiger partial charge on any atom is -0.465 e. The van der Waals surface area contributed by atoms with E-state index in [0.717, 1.165) is 26.4 Å². The zero-order valence-electron chi connectivity index (χ0n) is 16.4. The highest BCUT2D eigenvalue weighted by Gasteiger charge is 2.43. The van der Waals surface area contributed by atoms with E-state index in [0.29, 0.717) is 24.4 Å². The first-order chi connectivity index (χ1) is 12.5. The summed E-state index contributed by atoms with van der Waals surface area (Å²) >= 11 is 0. The second-order valence-electron chi connectivity index (χ2n) is 7.92. The van der Waals surface area contributed by atoms with Crippen LogP contribution in [0.4, 0.5) is 0 Å². The van der Waals surface area contributed by atoms with E-state index in [1.54, 1.807) is 0 Å². The SMILES string of the molecule is CCCCCCC=C[C@H]1CC[C@H]2O[C@@H](CCCC(O)(O)C(=O)OC)C[C@H]12. The molecule has 0 aromatic carbocycles. The van der Waals surface area contributed by atoms with Crippen LogP contribution in [0.25, 0.3) is 0 Å². The Labute approximate surface area is 157 Å². The molecule has 2 aliphatic rings. The average molecular weight is 369 g/mol. The van der Waals surface area contributed by atoms with E-state index in [1.807, 2.05) is 0 Å². The molecule has 26 heavy (non-hydrogen) atoms. The van der Waals surface area contributed by atoms with Crippen molar-refractivity contribution in [1.82, 2.24) is 0 Å². The standard InChI is InChI=1S/C21H36O5/c1-3-4-5-6-7-8-10-16-12-13-19-18(16)15-17(26-19)11-9-14-21(23,24)20(22)25-2/h8,10,16-19,23-24H,3-7,9,11-15H2,1-2H3/t16-,17-,18+,19+/m0/s1. The molecule has 0 aromatic rings. The first kappa shape index (κ1) is 21.4. The van der Waals surface area contributed by atoms with Crippen LogP contribution in [0.15, 0.2) is 12.2 Å². The maximum Gasteiger partial charge on any atom is 0.366 e. The molecular weight excluding hydrogens is 332 g/mol. The van der Waals surface area contributed by atoms with Crippen LogP contribution in [-0.4, -0.2) is 41.3 Å². The molecule has 0 amide bonds. The molecule has 0 bridgehead atoms. The lowest BCUT2D eigenvalue weighted by Gasteiger charge is -2.19. The summed E-state index contributed by atoms with van der Waals surface area (Å²) in [5.74, 6) is -2.15. The molecule has 150 valence electrons. The number of aliphatic hydroxyl groups is 2. The number of rotatable bonds is 11. The molecule has 2 fully saturated rings. The van der Waals surface area contributed by atoms with Crippen molar-refractivity contribution in [3.05, 3.63) is 12.2 Å². The number of carbonyl (C=O) groups is 1. The van der Waals surface area contributed by atoms with Crippen molar-refractivity contribution in [2.75, 3.05) is 7.11 Å². The van der Waals surface area contributed by atoms with Crippen LogP contribution in [-0.2, 0) is 14.3 Å². The Balaban J connectivity index is 1.68. The van der Waals surface area contributed by atoms with E-state index in [4.69, 9.17) is 4.74 Å². The van der Waals surface area contributed by atoms with Gasteiger partial charge in [-0.1, -0.05) is 38.3 Å². The van der Waals surface area contributed by atoms with Crippen molar-refractivity contribution in [3.8, 4) is 0 Å². The lowest BCUT2D eigenvalue weighted by Crippen LogP contribution is -2.39. The van der Waals surface area contributed by atoms with E-state index in [9.17, 15) is 15.0 Å². The zero-order chi connectivity index (χ0) is 19.0. The van der Waals surface area contributed by atoms with Gasteiger partial charge >= 0.3 is 5.97 Å². The first-order valence-electron chi connectivity index (χ1n) is 10.3. The Morgan fingerprint density at radius 2 is 2.04 bits per heavy atom. The molecule has 4 atom stereocenters. The summed E-state index contributed by atoms with van der Waals surface area (Å²) in [6.45, 7) is 2.24. The van der Waals surface area contributed by atoms with Crippen LogP contribution in [0.5, 0.6) is 0 Å². The van der Waals surface area contributed by atoms with Crippen molar-refractivity contribution in [3.63, 3.8) is 0 Å². The third kappa shape index (κ3) is 6.07. The van der Waals surface area contributed by atoms with Gasteiger partial charge in [-0.2, -0.15) is 0 Å². The second kappa shape index (κ2) is 10.4. The van der Waals surface area contributed by atoms with Crippen LogP contribution in [0.2, 0.25) is 0 Å². The minimum absolute atomic E-state index is 0.0179. The van der Waals surface area contributed by atoms with Crippen molar-refractivity contribution in [2.24, 2.45) is 11.8 Å². The van der Waals surface area contributed by atoms with E-state index < -0.39 is 11.8 Å². The number of fused-ring (bicyclic) bond motifs is 1. The first-order valence-corrected chi connectivity index (χ1v) is 10.3. The molecule has 1 aliphatic heterocycles. The molecule has 5 heteroatoms. The molecule has 0 unspecified atom stereocenters. The number of methoxy groups -OCH3 is 1. The molecule has 0 radical (unpaired) electrons. The fourth-order valence-corrected chi connectivity index (χ4v) is 4.39. The van der Waals surface area contributed by atoms with Gasteiger partial charge in [-0.05, 0) is 56.8 Å². The lowest BCUT2D eigenvalue weighted by atomic mass is 9.90. The van der Waals surface area contributed by atoms with Gasteiger partial charge in [-0.15, -0.1) is 0 Å². The Bertz CT molecular complexity index is 459. The summed E-state index contributed by atoms with van der Waals surface area (Å²) in [7, 11) is 1.16. The number of esters is 1. The molecule has 1 heterocycles. The molecule has 5 nitrogen and oxygen atoms in total. The number of allylic oxidation sites excluding steroid dienone is 2. The zero-order valence-corrected chi connectivity index (χ0v) is 16.4. The van der Waals surface area contributed by atoms with Crippen LogP contribution < -0.4 is 0 Å². The summed E-state index contributed by atoms with van der Waals surface area (Å²) in [4.78, 5) is 11.3. The largest absolute Gasteiger partial charge is 0.465 e. The predicted octanol–water partition coefficient (Wildman–Crippen LogP) is 3.72. The number of hydrogen-bond donors (Lipinski definition) is 2. The second-order valence-corrected chi connectivity index (χ2v) is 7.92. The van der Waals surface area contributed by atoms with Crippen molar-refractivity contribution in [2.45, 2.75) is 95.5 Å². The van der Waals surface area contributed by atoms with E-state index in [-0.39, 0.29) is 12.5 Å². The summed E-state index contributed by atoms with van der Waals surface area (Å²) in [6.07, 6.45) is 16.3. The quantitative estimate of drug-likeness (QED) is 0.252. The smallest absolute Gasteiger partial charge is 0.366 e. The molecule has 2 N–H and O–H groups in total. The summed E-state index contributed by atoms with van der Waals surface area (Å²) in [5.41, 5.74) is 0. The van der Waals surface area contributed by atoms with Crippen LogP contribution in [0, 0.1) is 11.8 Å². The fraction of sp³-hybridized carbons (Fsp3) is 0.857. The number of carbonyl (C=O) groups excluding carboxylic acids is 1. The highest BCUT2D eigenvalue weighted by atomic mass is 16.6. The van der Waals surface area contributed by atoms with Gasteiger partial charge in [0.15, 0.2) is 0 Å². The third-order valence-electron chi connectivity index (χ3n) is 5.89. The lowest BCUT2D eigenvalue weighted by molar-refractivity contribution is -0.209. The molecular formula is C21H36O5. The van der Waals surface area contributed by atoms with Gasteiger partial charge in [-0.3, -0.25) is 0 Å². The van der Waals surface area contributed by atoms with Crippen LogP contribution in [0.3, 0.4) is 0 Å². The van der Waals surface area contributed by atoms with Gasteiger partial charge in [0.1, 0.15) is 0 Å². The Hall–Kier alpha value is -0.910. The van der Waals surface area contributed by atoms with Gasteiger partial charge in [0.05, 0.1) is 19.3 Å². The van der Waals surface area contributed by atoms with Crippen LogP contribution >= 0.6 is 0 Å². The summed E-state index contributed by atoms with van der Waals surface area (Å²) in [6, 6.07) is 0. The van der Waals surface area contributed by atoms with E-state index in [2.05, 4.69) is 23.8 Å². The maximum atomic E-state index is 11.3. The summed E-state index contributed by atoms with van der Waals surface area (Å²) < 4.78 is 10.6. The molecule has 0 aromatic heterocycles. The van der Waals surface area contributed by atoms with E-state index in [1.165, 1.54) is 38.5 Å². The van der Waals surface area contributed by atoms with Crippen LogP contribution in [0.1, 0.15) is 77.6 Å². The van der Waals surface area contributed by atoms with Gasteiger partial charge in [-0.25, -0.2) is 4.79 Å². The van der Waals surface area contributed by atoms with E-state index >= 15 is 0 Å². The monoisotopic (exact) mass is 368 g/mol. The Morgan fingerprint density at radius 1 is 1.23 bits per heavy atom. The predicted molar refractivity (Wildman–Crippen MR) is 100 cm³/mol. The number of ether oxygens (including phenoxy) is 2. The van der Waals surface area contributed by atoms with Crippen molar-refractivity contribution in [1.29, 1.82) is 0 Å². The maximum absolute atomic E-state index is 11.3.